The Balaban J connectivity index is 1.84. The Morgan fingerprint density at radius 1 is 1.39 bits per heavy atom. The van der Waals surface area contributed by atoms with Gasteiger partial charge in [0.1, 0.15) is 12.4 Å². The molecule has 1 aliphatic rings. The van der Waals surface area contributed by atoms with Gasteiger partial charge in [-0.05, 0) is 24.3 Å². The molecule has 1 aromatic carbocycles. The Hall–Kier alpha value is -2.18. The number of hydrogen-bond donors (Lipinski definition) is 1. The number of Topliss-reactive ketones (excluding diaryl/α,β-unsaturated/α-hetero) is 1. The van der Waals surface area contributed by atoms with E-state index in [-0.39, 0.29) is 47.9 Å². The fourth-order valence-corrected chi connectivity index (χ4v) is 4.28. The van der Waals surface area contributed by atoms with Crippen molar-refractivity contribution in [2.24, 2.45) is 0 Å². The lowest BCUT2D eigenvalue weighted by atomic mass is 10.1. The molecular weight excluding hydrogens is 454 g/mol. The molecule has 0 radical (unpaired) electrons. The van der Waals surface area contributed by atoms with Gasteiger partial charge in [0.25, 0.3) is 0 Å². The Labute approximate surface area is 170 Å². The van der Waals surface area contributed by atoms with Crippen LogP contribution in [0.15, 0.2) is 39.5 Å². The van der Waals surface area contributed by atoms with Crippen LogP contribution in [0.25, 0.3) is 0 Å². The first-order chi connectivity index (χ1) is 13.3. The quantitative estimate of drug-likeness (QED) is 0.532. The summed E-state index contributed by atoms with van der Waals surface area (Å²) in [5.74, 6) is 0.181. The minimum atomic E-state index is -3.45. The summed E-state index contributed by atoms with van der Waals surface area (Å²) in [6.45, 7) is 1.70. The van der Waals surface area contributed by atoms with E-state index in [0.717, 1.165) is 0 Å². The number of hydrogen-bond acceptors (Lipinski definition) is 7. The number of rotatable bonds is 7. The van der Waals surface area contributed by atoms with E-state index >= 15 is 0 Å². The molecule has 1 aromatic heterocycles. The summed E-state index contributed by atoms with van der Waals surface area (Å²) >= 11 is 3.21. The highest BCUT2D eigenvalue weighted by Crippen LogP contribution is 2.14. The average molecular weight is 474 g/mol. The SMILES string of the molecule is CCS(=O)(=O)N1CCN([n+]2[n-]oc(=N)c2Br)C(C(=O)COc2ccccc2)C1. The molecule has 0 bridgehead atoms. The van der Waals surface area contributed by atoms with E-state index in [0.29, 0.717) is 5.75 Å². The standard InChI is InChI=1S/C16H20BrN5O5S/c1-2-28(24,25)20-8-9-21(22-15(17)16(18)27-19-22)13(10-20)14(23)11-26-12-6-4-3-5-7-12/h3-7,13,18H,2,8-11H2,1H3. The number of carbonyl (C=O) groups excluding carboxylic acids is 1. The minimum absolute atomic E-state index is 0.0349. The van der Waals surface area contributed by atoms with Crippen LogP contribution in [-0.2, 0) is 14.8 Å². The van der Waals surface area contributed by atoms with Crippen molar-refractivity contribution in [2.45, 2.75) is 13.0 Å². The summed E-state index contributed by atoms with van der Waals surface area (Å²) in [5, 5.41) is 13.0. The van der Waals surface area contributed by atoms with Gasteiger partial charge in [-0.1, -0.05) is 23.0 Å². The van der Waals surface area contributed by atoms with Gasteiger partial charge in [0.15, 0.2) is 5.78 Å². The fraction of sp³-hybridized carbons (Fsp3) is 0.438. The summed E-state index contributed by atoms with van der Waals surface area (Å²) in [4.78, 5) is 14.2. The summed E-state index contributed by atoms with van der Waals surface area (Å²) in [6, 6.07) is 8.04. The maximum absolute atomic E-state index is 12.9. The molecule has 3 rings (SSSR count). The van der Waals surface area contributed by atoms with Gasteiger partial charge < -0.3 is 9.26 Å². The number of nitrogens with zero attached hydrogens (tertiary/aromatic N) is 4. The van der Waals surface area contributed by atoms with Crippen molar-refractivity contribution in [3.8, 4) is 5.75 Å². The molecule has 12 heteroatoms. The van der Waals surface area contributed by atoms with E-state index in [1.807, 2.05) is 6.07 Å². The number of ether oxygens (including phenoxy) is 1. The third kappa shape index (κ3) is 4.28. The molecule has 152 valence electrons. The largest absolute Gasteiger partial charge is 0.486 e. The zero-order valence-electron chi connectivity index (χ0n) is 15.1. The van der Waals surface area contributed by atoms with Gasteiger partial charge in [0.05, 0.1) is 11.8 Å². The van der Waals surface area contributed by atoms with Gasteiger partial charge >= 0.3 is 10.2 Å². The number of para-hydroxylation sites is 1. The first kappa shape index (κ1) is 20.6. The molecule has 2 aromatic rings. The number of sulfonamides is 1. The summed E-state index contributed by atoms with van der Waals surface area (Å²) in [7, 11) is -3.45. The molecule has 1 unspecified atom stereocenters. The topological polar surface area (TPSA) is 122 Å². The number of halogens is 1. The van der Waals surface area contributed by atoms with E-state index in [1.54, 1.807) is 36.2 Å². The molecule has 0 aliphatic carbocycles. The van der Waals surface area contributed by atoms with E-state index in [4.69, 9.17) is 14.7 Å². The van der Waals surface area contributed by atoms with Crippen molar-refractivity contribution in [1.29, 1.82) is 5.41 Å². The van der Waals surface area contributed by atoms with Crippen molar-refractivity contribution in [2.75, 3.05) is 37.0 Å². The van der Waals surface area contributed by atoms with Crippen LogP contribution in [0.3, 0.4) is 0 Å². The van der Waals surface area contributed by atoms with Gasteiger partial charge in [-0.15, -0.1) is 0 Å². The van der Waals surface area contributed by atoms with Crippen molar-refractivity contribution in [3.05, 3.63) is 40.5 Å². The predicted molar refractivity (Wildman–Crippen MR) is 101 cm³/mol. The molecule has 1 fully saturated rings. The lowest BCUT2D eigenvalue weighted by molar-refractivity contribution is -0.775. The molecular formula is C16H20BrN5O5S. The van der Waals surface area contributed by atoms with E-state index in [9.17, 15) is 13.2 Å². The van der Waals surface area contributed by atoms with Gasteiger partial charge in [0, 0.05) is 35.6 Å². The van der Waals surface area contributed by atoms with Crippen LogP contribution in [0.5, 0.6) is 5.75 Å². The van der Waals surface area contributed by atoms with E-state index in [2.05, 4.69) is 21.2 Å². The highest BCUT2D eigenvalue weighted by atomic mass is 79.9. The molecule has 1 aliphatic heterocycles. The molecule has 0 amide bonds. The number of ketones is 1. The smallest absolute Gasteiger partial charge is 0.332 e. The van der Waals surface area contributed by atoms with Crippen LogP contribution >= 0.6 is 15.9 Å². The van der Waals surface area contributed by atoms with E-state index < -0.39 is 16.1 Å². The van der Waals surface area contributed by atoms with Crippen LogP contribution in [-0.4, -0.2) is 56.5 Å². The lowest BCUT2D eigenvalue weighted by Crippen LogP contribution is -2.74. The maximum Gasteiger partial charge on any atom is 0.332 e. The highest BCUT2D eigenvalue weighted by Gasteiger charge is 2.38. The van der Waals surface area contributed by atoms with Crippen molar-refractivity contribution in [3.63, 3.8) is 0 Å². The Morgan fingerprint density at radius 2 is 2.11 bits per heavy atom. The molecule has 1 N–H and O–H groups in total. The third-order valence-electron chi connectivity index (χ3n) is 4.38. The molecule has 28 heavy (non-hydrogen) atoms. The number of carbonyl (C=O) groups is 1. The van der Waals surface area contributed by atoms with Crippen molar-refractivity contribution in [1.82, 2.24) is 9.58 Å². The fourth-order valence-electron chi connectivity index (χ4n) is 2.85. The molecule has 2 heterocycles. The normalized spacial score (nSPS) is 18.2. The number of nitrogens with one attached hydrogen (secondary N) is 1. The maximum atomic E-state index is 12.9. The Kier molecular flexibility index (Phi) is 6.20. The Bertz CT molecular complexity index is 990. The number of piperazine rings is 1. The molecule has 0 saturated carbocycles. The predicted octanol–water partition coefficient (Wildman–Crippen LogP) is -0.614. The van der Waals surface area contributed by atoms with Gasteiger partial charge in [-0.25, -0.2) is 12.7 Å². The summed E-state index contributed by atoms with van der Waals surface area (Å²) in [5.41, 5.74) is -0.199. The Morgan fingerprint density at radius 3 is 2.71 bits per heavy atom. The first-order valence-electron chi connectivity index (χ1n) is 8.58. The molecule has 10 nitrogen and oxygen atoms in total. The number of aromatic nitrogens is 2. The average Bonchev–Trinajstić information content (AvgIpc) is 3.05. The van der Waals surface area contributed by atoms with Gasteiger partial charge in [-0.3, -0.25) is 15.2 Å². The van der Waals surface area contributed by atoms with Crippen LogP contribution in [0, 0.1) is 5.41 Å². The number of benzene rings is 1. The van der Waals surface area contributed by atoms with Gasteiger partial charge in [0.2, 0.25) is 10.0 Å². The second kappa shape index (κ2) is 8.45. The van der Waals surface area contributed by atoms with Crippen molar-refractivity contribution < 1.29 is 27.3 Å². The molecule has 0 spiro atoms. The zero-order chi connectivity index (χ0) is 20.3. The second-order valence-electron chi connectivity index (χ2n) is 6.09. The molecule has 1 atom stereocenters. The van der Waals surface area contributed by atoms with Crippen LogP contribution in [0.1, 0.15) is 6.92 Å². The van der Waals surface area contributed by atoms with Crippen LogP contribution < -0.4 is 25.4 Å². The summed E-state index contributed by atoms with van der Waals surface area (Å²) in [6.07, 6.45) is 0. The molecule has 1 saturated heterocycles. The van der Waals surface area contributed by atoms with Gasteiger partial charge in [-0.2, -0.15) is 0 Å². The van der Waals surface area contributed by atoms with Crippen LogP contribution in [0.2, 0.25) is 0 Å². The summed E-state index contributed by atoms with van der Waals surface area (Å²) < 4.78 is 36.5. The lowest BCUT2D eigenvalue weighted by Gasteiger charge is -2.40. The van der Waals surface area contributed by atoms with E-state index in [1.165, 1.54) is 9.10 Å². The van der Waals surface area contributed by atoms with Crippen molar-refractivity contribution >= 4 is 31.7 Å². The zero-order valence-corrected chi connectivity index (χ0v) is 17.5. The van der Waals surface area contributed by atoms with Crippen LogP contribution in [0.4, 0.5) is 0 Å². The minimum Gasteiger partial charge on any atom is -0.486 e. The highest BCUT2D eigenvalue weighted by molar-refractivity contribution is 9.10. The monoisotopic (exact) mass is 473 g/mol. The third-order valence-corrected chi connectivity index (χ3v) is 6.91. The first-order valence-corrected chi connectivity index (χ1v) is 11.0. The second-order valence-corrected chi connectivity index (χ2v) is 9.10.